The predicted molar refractivity (Wildman–Crippen MR) is 118 cm³/mol. The second-order valence-electron chi connectivity index (χ2n) is 7.15. The number of aromatic nitrogens is 2. The van der Waals surface area contributed by atoms with E-state index in [2.05, 4.69) is 33.7 Å². The van der Waals surface area contributed by atoms with Crippen LogP contribution in [-0.4, -0.2) is 35.9 Å². The summed E-state index contributed by atoms with van der Waals surface area (Å²) in [5.74, 6) is 0.626. The molecule has 1 aliphatic carbocycles. The average molecular weight is 485 g/mol. The van der Waals surface area contributed by atoms with Gasteiger partial charge in [0.2, 0.25) is 0 Å². The van der Waals surface area contributed by atoms with Crippen molar-refractivity contribution < 1.29 is 4.39 Å². The highest BCUT2D eigenvalue weighted by atomic mass is 127. The van der Waals surface area contributed by atoms with Gasteiger partial charge in [0.15, 0.2) is 5.96 Å². The van der Waals surface area contributed by atoms with Gasteiger partial charge in [0.05, 0.1) is 5.69 Å². The lowest BCUT2D eigenvalue weighted by Gasteiger charge is -2.19. The van der Waals surface area contributed by atoms with Crippen LogP contribution in [0.3, 0.4) is 0 Å². The van der Waals surface area contributed by atoms with Gasteiger partial charge in [0.25, 0.3) is 0 Å². The first kappa shape index (κ1) is 21.7. The van der Waals surface area contributed by atoms with Gasteiger partial charge in [0.1, 0.15) is 5.82 Å². The van der Waals surface area contributed by atoms with Crippen molar-refractivity contribution in [1.82, 2.24) is 20.4 Å². The minimum atomic E-state index is -0.166. The number of nitrogens with zero attached hydrogens (tertiary/aromatic N) is 3. The van der Waals surface area contributed by atoms with Gasteiger partial charge in [-0.25, -0.2) is 4.39 Å². The zero-order valence-electron chi connectivity index (χ0n) is 16.3. The lowest BCUT2D eigenvalue weighted by molar-refractivity contribution is 0.553. The molecule has 0 saturated heterocycles. The first-order valence-corrected chi connectivity index (χ1v) is 9.24. The zero-order valence-corrected chi connectivity index (χ0v) is 18.6. The second-order valence-corrected chi connectivity index (χ2v) is 7.15. The Morgan fingerprint density at radius 2 is 2.04 bits per heavy atom. The fourth-order valence-corrected chi connectivity index (χ4v) is 3.35. The van der Waals surface area contributed by atoms with Gasteiger partial charge in [-0.1, -0.05) is 12.1 Å². The van der Waals surface area contributed by atoms with E-state index in [0.717, 1.165) is 56.1 Å². The van der Waals surface area contributed by atoms with Crippen LogP contribution in [0.4, 0.5) is 4.39 Å². The van der Waals surface area contributed by atoms with E-state index in [4.69, 9.17) is 0 Å². The summed E-state index contributed by atoms with van der Waals surface area (Å²) in [6.45, 7) is 6.57. The Balaban J connectivity index is 0.00000261. The van der Waals surface area contributed by atoms with Crippen LogP contribution in [0.5, 0.6) is 0 Å². The van der Waals surface area contributed by atoms with Crippen LogP contribution in [0, 0.1) is 19.7 Å². The van der Waals surface area contributed by atoms with Crippen molar-refractivity contribution in [2.45, 2.75) is 45.1 Å². The number of guanidine groups is 1. The number of benzene rings is 1. The fraction of sp³-hybridized carbons (Fsp3) is 0.500. The SMILES string of the molecule is CN=C(NCCCn1nc(C)cc1C)NCC1(c2cccc(F)c2)CC1.I. The number of aliphatic imine (C=N–C) groups is 1. The standard InChI is InChI=1S/C20H28FN5.HI/c1-15-12-16(2)26(25-15)11-5-10-23-19(22-3)24-14-20(8-9-20)17-6-4-7-18(21)13-17;/h4,6-7,12-13H,5,8-11,14H2,1-3H3,(H2,22,23,24);1H. The maximum absolute atomic E-state index is 13.5. The molecule has 1 aliphatic rings. The highest BCUT2D eigenvalue weighted by Crippen LogP contribution is 2.47. The minimum absolute atomic E-state index is 0. The topological polar surface area (TPSA) is 54.2 Å². The van der Waals surface area contributed by atoms with E-state index in [9.17, 15) is 4.39 Å². The summed E-state index contributed by atoms with van der Waals surface area (Å²) in [5, 5.41) is 11.2. The highest BCUT2D eigenvalue weighted by Gasteiger charge is 2.44. The molecule has 1 heterocycles. The lowest BCUT2D eigenvalue weighted by atomic mass is 9.96. The van der Waals surface area contributed by atoms with E-state index in [-0.39, 0.29) is 35.2 Å². The third kappa shape index (κ3) is 5.67. The van der Waals surface area contributed by atoms with Gasteiger partial charge < -0.3 is 10.6 Å². The number of hydrogen-bond acceptors (Lipinski definition) is 2. The molecule has 1 aromatic carbocycles. The highest BCUT2D eigenvalue weighted by molar-refractivity contribution is 14.0. The predicted octanol–water partition coefficient (Wildman–Crippen LogP) is 3.54. The van der Waals surface area contributed by atoms with Crippen LogP contribution in [0.2, 0.25) is 0 Å². The maximum atomic E-state index is 13.5. The van der Waals surface area contributed by atoms with E-state index in [1.54, 1.807) is 19.2 Å². The van der Waals surface area contributed by atoms with E-state index in [1.807, 2.05) is 17.7 Å². The molecule has 1 saturated carbocycles. The van der Waals surface area contributed by atoms with E-state index in [0.29, 0.717) is 0 Å². The molecule has 0 unspecified atom stereocenters. The molecular weight excluding hydrogens is 456 g/mol. The van der Waals surface area contributed by atoms with Crippen LogP contribution in [-0.2, 0) is 12.0 Å². The molecule has 27 heavy (non-hydrogen) atoms. The van der Waals surface area contributed by atoms with Gasteiger partial charge in [-0.3, -0.25) is 9.67 Å². The van der Waals surface area contributed by atoms with Crippen molar-refractivity contribution in [3.05, 3.63) is 53.1 Å². The Hall–Kier alpha value is -1.64. The molecule has 3 rings (SSSR count). The van der Waals surface area contributed by atoms with Crippen molar-refractivity contribution in [3.8, 4) is 0 Å². The van der Waals surface area contributed by atoms with Crippen molar-refractivity contribution in [2.75, 3.05) is 20.1 Å². The maximum Gasteiger partial charge on any atom is 0.191 e. The van der Waals surface area contributed by atoms with Crippen LogP contribution < -0.4 is 10.6 Å². The molecule has 0 aliphatic heterocycles. The van der Waals surface area contributed by atoms with E-state index in [1.165, 1.54) is 11.8 Å². The Morgan fingerprint density at radius 3 is 2.63 bits per heavy atom. The number of nitrogens with one attached hydrogen (secondary N) is 2. The second kappa shape index (κ2) is 9.52. The smallest absolute Gasteiger partial charge is 0.191 e. The summed E-state index contributed by atoms with van der Waals surface area (Å²) in [6, 6.07) is 9.05. The van der Waals surface area contributed by atoms with Crippen LogP contribution >= 0.6 is 24.0 Å². The Kier molecular flexibility index (Phi) is 7.64. The number of aryl methyl sites for hydroxylation is 3. The molecule has 0 atom stereocenters. The third-order valence-corrected chi connectivity index (χ3v) is 5.05. The molecule has 2 aromatic rings. The molecule has 2 N–H and O–H groups in total. The molecule has 5 nitrogen and oxygen atoms in total. The zero-order chi connectivity index (χ0) is 18.6. The summed E-state index contributed by atoms with van der Waals surface area (Å²) >= 11 is 0. The summed E-state index contributed by atoms with van der Waals surface area (Å²) in [6.07, 6.45) is 3.13. The normalized spacial score (nSPS) is 15.2. The summed E-state index contributed by atoms with van der Waals surface area (Å²) in [4.78, 5) is 4.29. The fourth-order valence-electron chi connectivity index (χ4n) is 3.35. The van der Waals surface area contributed by atoms with E-state index < -0.39 is 0 Å². The first-order valence-electron chi connectivity index (χ1n) is 9.24. The van der Waals surface area contributed by atoms with Gasteiger partial charge in [0, 0.05) is 37.8 Å². The summed E-state index contributed by atoms with van der Waals surface area (Å²) in [5.41, 5.74) is 3.37. The van der Waals surface area contributed by atoms with Gasteiger partial charge in [-0.15, -0.1) is 24.0 Å². The summed E-state index contributed by atoms with van der Waals surface area (Å²) < 4.78 is 15.5. The lowest BCUT2D eigenvalue weighted by Crippen LogP contribution is -2.41. The molecule has 0 spiro atoms. The Morgan fingerprint density at radius 1 is 1.26 bits per heavy atom. The largest absolute Gasteiger partial charge is 0.356 e. The van der Waals surface area contributed by atoms with E-state index >= 15 is 0 Å². The molecule has 1 aromatic heterocycles. The number of halogens is 2. The van der Waals surface area contributed by atoms with Crippen molar-refractivity contribution in [3.63, 3.8) is 0 Å². The van der Waals surface area contributed by atoms with Crippen LogP contribution in [0.25, 0.3) is 0 Å². The third-order valence-electron chi connectivity index (χ3n) is 5.05. The molecular formula is C20H29FIN5. The van der Waals surface area contributed by atoms with Gasteiger partial charge >= 0.3 is 0 Å². The van der Waals surface area contributed by atoms with Gasteiger partial charge in [-0.2, -0.15) is 5.10 Å². The van der Waals surface area contributed by atoms with Gasteiger partial charge in [-0.05, 0) is 56.9 Å². The number of hydrogen-bond donors (Lipinski definition) is 2. The quantitative estimate of drug-likeness (QED) is 0.273. The van der Waals surface area contributed by atoms with Crippen LogP contribution in [0.15, 0.2) is 35.3 Å². The molecule has 7 heteroatoms. The molecule has 0 amide bonds. The summed E-state index contributed by atoms with van der Waals surface area (Å²) in [7, 11) is 1.78. The van der Waals surface area contributed by atoms with Crippen molar-refractivity contribution in [1.29, 1.82) is 0 Å². The van der Waals surface area contributed by atoms with Crippen molar-refractivity contribution in [2.24, 2.45) is 4.99 Å². The number of rotatable bonds is 7. The molecule has 1 fully saturated rings. The monoisotopic (exact) mass is 485 g/mol. The minimum Gasteiger partial charge on any atom is -0.356 e. The van der Waals surface area contributed by atoms with Crippen molar-refractivity contribution >= 4 is 29.9 Å². The Bertz CT molecular complexity index is 782. The molecule has 0 radical (unpaired) electrons. The molecule has 148 valence electrons. The average Bonchev–Trinajstić information content (AvgIpc) is 3.34. The molecule has 0 bridgehead atoms. The Labute approximate surface area is 177 Å². The van der Waals surface area contributed by atoms with Crippen LogP contribution in [0.1, 0.15) is 36.2 Å². The first-order chi connectivity index (χ1) is 12.5.